The second-order valence-electron chi connectivity index (χ2n) is 5.70. The molecular weight excluding hydrogens is 328 g/mol. The molecule has 2 aromatic carbocycles. The number of rotatable bonds is 4. The predicted octanol–water partition coefficient (Wildman–Crippen LogP) is 1.48. The Morgan fingerprint density at radius 1 is 0.917 bits per heavy atom. The Hall–Kier alpha value is -2.67. The first-order valence-electron chi connectivity index (χ1n) is 7.27. The van der Waals surface area contributed by atoms with Crippen LogP contribution in [-0.4, -0.2) is 37.4 Å². The molecule has 0 spiro atoms. The zero-order chi connectivity index (χ0) is 17.4. The monoisotopic (exact) mass is 344 g/mol. The summed E-state index contributed by atoms with van der Waals surface area (Å²) in [6.45, 7) is 0. The third-order valence-corrected chi connectivity index (χ3v) is 4.61. The lowest BCUT2D eigenvalue weighted by Crippen LogP contribution is -2.45. The summed E-state index contributed by atoms with van der Waals surface area (Å²) in [6.07, 6.45) is 0.985. The molecule has 6 nitrogen and oxygen atoms in total. The summed E-state index contributed by atoms with van der Waals surface area (Å²) in [7, 11) is -3.54. The van der Waals surface area contributed by atoms with Crippen molar-refractivity contribution >= 4 is 21.8 Å². The van der Waals surface area contributed by atoms with Gasteiger partial charge < -0.3 is 5.32 Å². The maximum Gasteiger partial charge on any atom is 0.326 e. The van der Waals surface area contributed by atoms with E-state index in [1.807, 2.05) is 0 Å². The summed E-state index contributed by atoms with van der Waals surface area (Å²) in [5, 5.41) is 2.70. The van der Waals surface area contributed by atoms with Crippen LogP contribution in [0.1, 0.15) is 11.1 Å². The molecule has 0 aliphatic carbocycles. The van der Waals surface area contributed by atoms with E-state index in [2.05, 4.69) is 5.32 Å². The van der Waals surface area contributed by atoms with Crippen LogP contribution in [0.4, 0.5) is 4.79 Å². The minimum absolute atomic E-state index is 0.575. The summed E-state index contributed by atoms with van der Waals surface area (Å²) in [5.74, 6) is -1.26. The van der Waals surface area contributed by atoms with Gasteiger partial charge in [0.2, 0.25) is 0 Å². The van der Waals surface area contributed by atoms with Gasteiger partial charge in [0, 0.05) is 6.26 Å². The van der Waals surface area contributed by atoms with Gasteiger partial charge in [0.05, 0.1) is 0 Å². The van der Waals surface area contributed by atoms with E-state index in [-0.39, 0.29) is 0 Å². The highest BCUT2D eigenvalue weighted by molar-refractivity contribution is 7.90. The molecular formula is C17H16N2O4S. The molecule has 1 saturated heterocycles. The Morgan fingerprint density at radius 3 is 1.79 bits per heavy atom. The molecule has 3 rings (SSSR count). The highest BCUT2D eigenvalue weighted by Crippen LogP contribution is 2.36. The Labute approximate surface area is 140 Å². The van der Waals surface area contributed by atoms with Crippen molar-refractivity contribution in [3.8, 4) is 0 Å². The van der Waals surface area contributed by atoms with E-state index < -0.39 is 33.2 Å². The lowest BCUT2D eigenvalue weighted by atomic mass is 9.83. The summed E-state index contributed by atoms with van der Waals surface area (Å²) in [6, 6.07) is 16.9. The number of carbonyl (C=O) groups excluding carboxylic acids is 2. The Morgan fingerprint density at radius 2 is 1.38 bits per heavy atom. The minimum Gasteiger partial charge on any atom is -0.315 e. The molecule has 1 fully saturated rings. The second-order valence-corrected chi connectivity index (χ2v) is 7.81. The number of carbonyl (C=O) groups is 2. The van der Waals surface area contributed by atoms with Gasteiger partial charge in [-0.2, -0.15) is 0 Å². The molecule has 3 amide bonds. The first kappa shape index (κ1) is 16.2. The SMILES string of the molecule is CS(=O)(=O)CN1C(=O)NC(c2ccccc2)(c2ccccc2)C1=O. The largest absolute Gasteiger partial charge is 0.326 e. The van der Waals surface area contributed by atoms with E-state index >= 15 is 0 Å². The average Bonchev–Trinajstić information content (AvgIpc) is 2.81. The number of hydrogen-bond acceptors (Lipinski definition) is 4. The molecule has 0 aromatic heterocycles. The fourth-order valence-corrected chi connectivity index (χ4v) is 3.57. The summed E-state index contributed by atoms with van der Waals surface area (Å²) < 4.78 is 23.2. The highest BCUT2D eigenvalue weighted by Gasteiger charge is 2.54. The molecule has 0 radical (unpaired) electrons. The van der Waals surface area contributed by atoms with Crippen LogP contribution in [-0.2, 0) is 20.2 Å². The lowest BCUT2D eigenvalue weighted by molar-refractivity contribution is -0.129. The van der Waals surface area contributed by atoms with Gasteiger partial charge in [0.1, 0.15) is 5.88 Å². The normalized spacial score (nSPS) is 17.0. The van der Waals surface area contributed by atoms with Crippen LogP contribution < -0.4 is 5.32 Å². The number of hydrogen-bond donors (Lipinski definition) is 1. The Balaban J connectivity index is 2.18. The standard InChI is InChI=1S/C17H16N2O4S/c1-24(22,23)12-19-15(20)17(18-16(19)21,13-8-4-2-5-9-13)14-10-6-3-7-11-14/h2-11H,12H2,1H3,(H,18,21). The van der Waals surface area contributed by atoms with E-state index in [9.17, 15) is 18.0 Å². The highest BCUT2D eigenvalue weighted by atomic mass is 32.2. The molecule has 1 aliphatic rings. The fourth-order valence-electron chi connectivity index (χ4n) is 2.86. The van der Waals surface area contributed by atoms with Crippen molar-refractivity contribution in [3.05, 3.63) is 71.8 Å². The average molecular weight is 344 g/mol. The zero-order valence-corrected chi connectivity index (χ0v) is 13.8. The molecule has 1 aliphatic heterocycles. The van der Waals surface area contributed by atoms with Crippen LogP contribution in [0.3, 0.4) is 0 Å². The molecule has 2 aromatic rings. The molecule has 24 heavy (non-hydrogen) atoms. The van der Waals surface area contributed by atoms with E-state index in [0.29, 0.717) is 11.1 Å². The molecule has 1 heterocycles. The topological polar surface area (TPSA) is 83.6 Å². The van der Waals surface area contributed by atoms with Gasteiger partial charge in [-0.3, -0.25) is 4.79 Å². The molecule has 1 N–H and O–H groups in total. The van der Waals surface area contributed by atoms with E-state index in [4.69, 9.17) is 0 Å². The van der Waals surface area contributed by atoms with Crippen molar-refractivity contribution in [3.63, 3.8) is 0 Å². The van der Waals surface area contributed by atoms with Gasteiger partial charge in [-0.05, 0) is 11.1 Å². The number of imide groups is 1. The number of nitrogens with zero attached hydrogens (tertiary/aromatic N) is 1. The first-order chi connectivity index (χ1) is 11.3. The number of urea groups is 1. The van der Waals surface area contributed by atoms with Crippen molar-refractivity contribution < 1.29 is 18.0 Å². The van der Waals surface area contributed by atoms with Crippen molar-refractivity contribution in [1.29, 1.82) is 0 Å². The summed E-state index contributed by atoms with van der Waals surface area (Å²) in [5.41, 5.74) is -0.277. The van der Waals surface area contributed by atoms with Crippen LogP contribution in [0.5, 0.6) is 0 Å². The smallest absolute Gasteiger partial charge is 0.315 e. The molecule has 0 atom stereocenters. The fraction of sp³-hybridized carbons (Fsp3) is 0.176. The number of nitrogens with one attached hydrogen (secondary N) is 1. The second kappa shape index (κ2) is 5.76. The molecule has 0 unspecified atom stereocenters. The first-order valence-corrected chi connectivity index (χ1v) is 9.33. The van der Waals surface area contributed by atoms with Gasteiger partial charge in [0.15, 0.2) is 15.4 Å². The number of sulfone groups is 1. The molecule has 7 heteroatoms. The predicted molar refractivity (Wildman–Crippen MR) is 88.8 cm³/mol. The van der Waals surface area contributed by atoms with Crippen LogP contribution in [0, 0.1) is 0 Å². The van der Waals surface area contributed by atoms with Crippen LogP contribution >= 0.6 is 0 Å². The van der Waals surface area contributed by atoms with Crippen LogP contribution in [0.2, 0.25) is 0 Å². The van der Waals surface area contributed by atoms with Gasteiger partial charge in [-0.1, -0.05) is 60.7 Å². The Kier molecular flexibility index (Phi) is 3.88. The molecule has 124 valence electrons. The molecule has 0 bridgehead atoms. The number of benzene rings is 2. The van der Waals surface area contributed by atoms with Crippen molar-refractivity contribution in [2.75, 3.05) is 12.1 Å². The van der Waals surface area contributed by atoms with Gasteiger partial charge in [-0.15, -0.1) is 0 Å². The minimum atomic E-state index is -3.54. The van der Waals surface area contributed by atoms with Crippen LogP contribution in [0.15, 0.2) is 60.7 Å². The quantitative estimate of drug-likeness (QED) is 0.852. The maximum atomic E-state index is 13.1. The Bertz CT molecular complexity index is 840. The lowest BCUT2D eigenvalue weighted by Gasteiger charge is -2.27. The molecule has 0 saturated carbocycles. The third kappa shape index (κ3) is 2.67. The summed E-state index contributed by atoms with van der Waals surface area (Å²) in [4.78, 5) is 26.2. The van der Waals surface area contributed by atoms with Gasteiger partial charge >= 0.3 is 6.03 Å². The van der Waals surface area contributed by atoms with Crippen LogP contribution in [0.25, 0.3) is 0 Å². The zero-order valence-electron chi connectivity index (χ0n) is 13.0. The van der Waals surface area contributed by atoms with E-state index in [1.54, 1.807) is 60.7 Å². The van der Waals surface area contributed by atoms with Crippen molar-refractivity contribution in [2.24, 2.45) is 0 Å². The van der Waals surface area contributed by atoms with Crippen molar-refractivity contribution in [2.45, 2.75) is 5.54 Å². The third-order valence-electron chi connectivity index (χ3n) is 3.88. The number of amides is 3. The van der Waals surface area contributed by atoms with Gasteiger partial charge in [-0.25, -0.2) is 18.1 Å². The van der Waals surface area contributed by atoms with Crippen molar-refractivity contribution in [1.82, 2.24) is 10.2 Å². The maximum absolute atomic E-state index is 13.1. The summed E-state index contributed by atoms with van der Waals surface area (Å²) >= 11 is 0. The van der Waals surface area contributed by atoms with E-state index in [1.165, 1.54) is 0 Å². The van der Waals surface area contributed by atoms with E-state index in [0.717, 1.165) is 11.2 Å². The van der Waals surface area contributed by atoms with Gasteiger partial charge in [0.25, 0.3) is 5.91 Å².